The molecule has 8 bridgehead atoms. The van der Waals surface area contributed by atoms with Gasteiger partial charge in [0, 0.05) is 49.9 Å². The number of carbonyl (C=O) groups is 2. The van der Waals surface area contributed by atoms with Gasteiger partial charge in [0.05, 0.1) is 34.9 Å². The van der Waals surface area contributed by atoms with Crippen molar-refractivity contribution in [3.63, 3.8) is 0 Å². The number of aromatic amines is 2. The lowest BCUT2D eigenvalue weighted by molar-refractivity contribution is -0.130. The molecule has 1 atom stereocenters. The first kappa shape index (κ1) is 50.7. The summed E-state index contributed by atoms with van der Waals surface area (Å²) in [5.74, 6) is 1.26. The Morgan fingerprint density at radius 1 is 0.487 bits per heavy atom. The average molecular weight is 998 g/mol. The van der Waals surface area contributed by atoms with E-state index < -0.39 is 18.0 Å². The van der Waals surface area contributed by atoms with Gasteiger partial charge in [-0.15, -0.1) is 6.42 Å². The molecular weight excluding hydrogens is 935 g/mol. The normalized spacial score (nSPS) is 12.8. The SMILES string of the molecule is C#CCNC(=O)[C@@H](OC(=O)c1ccc(-c2c3nc(c(-c4ccc(C(C)(C)C)cc4)c4ccc([nH]4)c(-c4ccc(C(C)(C)C)cc4)c4nc(c(-c5ccc(C(C)(C)C)cc5)c5ccc2[nH]5)C=C4)C=C3)cc1)c1ccccc1. The van der Waals surface area contributed by atoms with Gasteiger partial charge < -0.3 is 20.0 Å². The van der Waals surface area contributed by atoms with Crippen LogP contribution in [0.3, 0.4) is 0 Å². The number of fused-ring (bicyclic) bond motifs is 8. The van der Waals surface area contributed by atoms with Crippen LogP contribution in [0.1, 0.15) is 124 Å². The second kappa shape index (κ2) is 20.1. The molecule has 8 nitrogen and oxygen atoms in total. The van der Waals surface area contributed by atoms with Gasteiger partial charge in [-0.2, -0.15) is 0 Å². The lowest BCUT2D eigenvalue weighted by atomic mass is 9.86. The maximum Gasteiger partial charge on any atom is 0.339 e. The van der Waals surface area contributed by atoms with E-state index in [9.17, 15) is 9.59 Å². The summed E-state index contributed by atoms with van der Waals surface area (Å²) in [5, 5.41) is 2.67. The number of terminal acetylenes is 1. The third kappa shape index (κ3) is 10.3. The van der Waals surface area contributed by atoms with Crippen molar-refractivity contribution < 1.29 is 14.3 Å². The van der Waals surface area contributed by atoms with Gasteiger partial charge in [0.15, 0.2) is 0 Å². The van der Waals surface area contributed by atoms with Crippen LogP contribution in [0.15, 0.2) is 152 Å². The van der Waals surface area contributed by atoms with Crippen LogP contribution in [-0.2, 0) is 25.8 Å². The van der Waals surface area contributed by atoms with Gasteiger partial charge in [-0.05, 0) is 116 Å². The van der Waals surface area contributed by atoms with Gasteiger partial charge in [0.25, 0.3) is 5.91 Å². The minimum Gasteiger partial charge on any atom is -0.444 e. The lowest BCUT2D eigenvalue weighted by Crippen LogP contribution is -2.32. The first-order valence-corrected chi connectivity index (χ1v) is 25.9. The maximum atomic E-state index is 13.9. The molecule has 8 heteroatoms. The summed E-state index contributed by atoms with van der Waals surface area (Å²) >= 11 is 0. The molecule has 1 amide bonds. The monoisotopic (exact) mass is 997 g/mol. The molecule has 0 spiro atoms. The fourth-order valence-corrected chi connectivity index (χ4v) is 9.91. The molecule has 0 aliphatic carbocycles. The predicted molar refractivity (Wildman–Crippen MR) is 313 cm³/mol. The average Bonchev–Trinajstić information content (AvgIpc) is 4.26. The highest BCUT2D eigenvalue weighted by molar-refractivity contribution is 6.00. The Bertz CT molecular complexity index is 3740. The molecule has 8 aromatic rings. The summed E-state index contributed by atoms with van der Waals surface area (Å²) in [7, 11) is 0. The van der Waals surface area contributed by atoms with E-state index in [1.54, 1.807) is 36.4 Å². The first-order chi connectivity index (χ1) is 36.3. The van der Waals surface area contributed by atoms with Crippen LogP contribution in [0.25, 0.3) is 90.9 Å². The molecule has 0 radical (unpaired) electrons. The third-order valence-corrected chi connectivity index (χ3v) is 14.2. The Morgan fingerprint density at radius 2 is 0.816 bits per heavy atom. The number of rotatable bonds is 9. The molecule has 0 unspecified atom stereocenters. The van der Waals surface area contributed by atoms with E-state index >= 15 is 0 Å². The smallest absolute Gasteiger partial charge is 0.339 e. The number of benzene rings is 5. The largest absolute Gasteiger partial charge is 0.444 e. The van der Waals surface area contributed by atoms with Crippen molar-refractivity contribution in [1.29, 1.82) is 0 Å². The predicted octanol–water partition coefficient (Wildman–Crippen LogP) is 15.9. The standard InChI is InChI=1S/C68H63N5O3/c1-11-41-69-64(74)63(46-15-13-12-14-16-46)76-65(75)47-19-17-42(18-20-47)59-51-33-35-53(70-51)60(43-21-27-48(28-22-43)66(2,3)4)55-37-39-57(72-55)62(45-25-31-50(32-26-45)68(8,9)10)58-40-38-56(73-58)61(54-36-34-52(59)71-54)44-23-29-49(30-24-44)67(5,6)7/h1,12-40,63,70,73H,41H2,2-10H3,(H,69,74)/t63-/m0/s1. The Balaban J connectivity index is 1.22. The lowest BCUT2D eigenvalue weighted by Gasteiger charge is -2.19. The highest BCUT2D eigenvalue weighted by Gasteiger charge is 2.27. The van der Waals surface area contributed by atoms with E-state index in [1.807, 2.05) is 18.2 Å². The highest BCUT2D eigenvalue weighted by atomic mass is 16.5. The number of amides is 1. The number of hydrogen-bond acceptors (Lipinski definition) is 5. The molecule has 5 aromatic carbocycles. The summed E-state index contributed by atoms with van der Waals surface area (Å²) in [6.07, 6.45) is 12.6. The zero-order valence-electron chi connectivity index (χ0n) is 44.7. The number of aromatic nitrogens is 4. The molecule has 3 aromatic heterocycles. The summed E-state index contributed by atoms with van der Waals surface area (Å²) in [6.45, 7) is 20.1. The van der Waals surface area contributed by atoms with Crippen molar-refractivity contribution in [2.45, 2.75) is 84.7 Å². The van der Waals surface area contributed by atoms with Crippen LogP contribution in [0.4, 0.5) is 0 Å². The third-order valence-electron chi connectivity index (χ3n) is 14.2. The minimum atomic E-state index is -1.20. The van der Waals surface area contributed by atoms with Crippen LogP contribution < -0.4 is 5.32 Å². The van der Waals surface area contributed by atoms with Crippen molar-refractivity contribution in [1.82, 2.24) is 25.3 Å². The summed E-state index contributed by atoms with van der Waals surface area (Å²) in [6, 6.07) is 51.1. The van der Waals surface area contributed by atoms with Gasteiger partial charge in [-0.1, -0.05) is 183 Å². The van der Waals surface area contributed by atoms with Gasteiger partial charge in [-0.25, -0.2) is 14.8 Å². The number of carbonyl (C=O) groups excluding carboxylic acids is 2. The minimum absolute atomic E-state index is 0.000787. The summed E-state index contributed by atoms with van der Waals surface area (Å²) in [5.41, 5.74) is 18.7. The Morgan fingerprint density at radius 3 is 1.13 bits per heavy atom. The van der Waals surface area contributed by atoms with Gasteiger partial charge in [0.2, 0.25) is 6.10 Å². The van der Waals surface area contributed by atoms with Crippen LogP contribution >= 0.6 is 0 Å². The molecule has 378 valence electrons. The van der Waals surface area contributed by atoms with Crippen molar-refractivity contribution >= 4 is 58.2 Å². The van der Waals surface area contributed by atoms with Crippen LogP contribution in [0, 0.1) is 12.3 Å². The zero-order valence-corrected chi connectivity index (χ0v) is 44.7. The maximum absolute atomic E-state index is 13.9. The molecule has 2 aliphatic heterocycles. The van der Waals surface area contributed by atoms with E-state index in [0.29, 0.717) is 5.56 Å². The van der Waals surface area contributed by atoms with Crippen molar-refractivity contribution in [2.24, 2.45) is 0 Å². The number of esters is 1. The van der Waals surface area contributed by atoms with Crippen LogP contribution in [0.2, 0.25) is 0 Å². The number of ether oxygens (including phenoxy) is 1. The number of nitrogens with one attached hydrogen (secondary N) is 3. The Hall–Kier alpha value is -8.80. The first-order valence-electron chi connectivity index (χ1n) is 25.9. The number of nitrogens with zero attached hydrogens (tertiary/aromatic N) is 2. The molecule has 5 heterocycles. The Labute approximate surface area is 446 Å². The zero-order chi connectivity index (χ0) is 53.5. The fourth-order valence-electron chi connectivity index (χ4n) is 9.91. The van der Waals surface area contributed by atoms with Gasteiger partial charge >= 0.3 is 5.97 Å². The summed E-state index contributed by atoms with van der Waals surface area (Å²) in [4.78, 5) is 46.0. The van der Waals surface area contributed by atoms with Crippen molar-refractivity contribution in [3.8, 4) is 56.9 Å². The Kier molecular flexibility index (Phi) is 13.4. The highest BCUT2D eigenvalue weighted by Crippen LogP contribution is 2.40. The quantitative estimate of drug-likeness (QED) is 0.0985. The molecule has 0 fully saturated rings. The number of hydrogen-bond donors (Lipinski definition) is 3. The molecule has 10 rings (SSSR count). The van der Waals surface area contributed by atoms with E-state index in [0.717, 1.165) is 89.4 Å². The van der Waals surface area contributed by atoms with Crippen molar-refractivity contribution in [3.05, 3.63) is 202 Å². The van der Waals surface area contributed by atoms with Crippen LogP contribution in [-0.4, -0.2) is 38.4 Å². The van der Waals surface area contributed by atoms with E-state index in [-0.39, 0.29) is 28.4 Å². The van der Waals surface area contributed by atoms with Gasteiger partial charge in [0.1, 0.15) is 0 Å². The van der Waals surface area contributed by atoms with Crippen molar-refractivity contribution in [2.75, 3.05) is 6.54 Å². The van der Waals surface area contributed by atoms with Crippen LogP contribution in [0.5, 0.6) is 0 Å². The number of H-pyrrole nitrogens is 2. The van der Waals surface area contributed by atoms with E-state index in [4.69, 9.17) is 21.1 Å². The molecule has 76 heavy (non-hydrogen) atoms. The molecular formula is C68H63N5O3. The summed E-state index contributed by atoms with van der Waals surface area (Å²) < 4.78 is 5.92. The second-order valence-corrected chi connectivity index (χ2v) is 22.7. The topological polar surface area (TPSA) is 113 Å². The van der Waals surface area contributed by atoms with Gasteiger partial charge in [-0.3, -0.25) is 4.79 Å². The van der Waals surface area contributed by atoms with E-state index in [2.05, 4.69) is 205 Å². The second-order valence-electron chi connectivity index (χ2n) is 22.7. The fraction of sp³-hybridized carbons (Fsp3) is 0.206. The molecule has 3 N–H and O–H groups in total. The molecule has 0 saturated carbocycles. The molecule has 2 aliphatic rings. The van der Waals surface area contributed by atoms with E-state index in [1.165, 1.54) is 16.7 Å². The molecule has 0 saturated heterocycles.